The average molecular weight is 250 g/mol. The third kappa shape index (κ3) is 7.93. The molecule has 17 heavy (non-hydrogen) atoms. The Morgan fingerprint density at radius 3 is 2.47 bits per heavy atom. The second kappa shape index (κ2) is 7.45. The summed E-state index contributed by atoms with van der Waals surface area (Å²) >= 11 is 0. The van der Waals surface area contributed by atoms with Crippen LogP contribution >= 0.6 is 0 Å². The molecule has 1 amide bonds. The van der Waals surface area contributed by atoms with Crippen LogP contribution in [-0.4, -0.2) is 30.4 Å². The Hall–Kier alpha value is -0.880. The van der Waals surface area contributed by atoms with Crippen molar-refractivity contribution >= 4 is 6.09 Å². The van der Waals surface area contributed by atoms with E-state index in [1.807, 2.05) is 6.92 Å². The Morgan fingerprint density at radius 1 is 1.47 bits per heavy atom. The number of amides is 1. The van der Waals surface area contributed by atoms with Crippen LogP contribution in [0.5, 0.6) is 0 Å². The van der Waals surface area contributed by atoms with Crippen molar-refractivity contribution in [3.63, 3.8) is 0 Å². The van der Waals surface area contributed by atoms with Gasteiger partial charge in [0.2, 0.25) is 0 Å². The summed E-state index contributed by atoms with van der Waals surface area (Å²) in [6.45, 7) is 7.01. The van der Waals surface area contributed by atoms with Gasteiger partial charge in [0.05, 0.1) is 6.04 Å². The molecular weight excluding hydrogens is 227 g/mol. The number of hydrogen-bond donors (Lipinski definition) is 2. The molecule has 0 bridgehead atoms. The zero-order chi connectivity index (χ0) is 13.5. The van der Waals surface area contributed by atoms with Crippen molar-refractivity contribution in [2.45, 2.75) is 58.2 Å². The number of nitrogens with two attached hydrogens (primary N) is 1. The molecule has 0 aromatic rings. The van der Waals surface area contributed by atoms with Crippen LogP contribution in [-0.2, 0) is 9.68 Å². The molecule has 0 fully saturated rings. The lowest BCUT2D eigenvalue weighted by Crippen LogP contribution is -2.50. The summed E-state index contributed by atoms with van der Waals surface area (Å²) in [6, 6.07) is -0.946. The van der Waals surface area contributed by atoms with Crippen LogP contribution in [0.3, 0.4) is 0 Å². The number of rotatable bonds is 6. The number of hydrogen-bond acceptors (Lipinski definition) is 4. The predicted octanol–water partition coefficient (Wildman–Crippen LogP) is 1.91. The summed E-state index contributed by atoms with van der Waals surface area (Å²) in [7, 11) is 0. The number of carbonyl (C=O) groups excluding carboxylic acids is 1. The van der Waals surface area contributed by atoms with Crippen LogP contribution in [0.2, 0.25) is 0 Å². The molecule has 0 aromatic heterocycles. The van der Waals surface area contributed by atoms with Crippen molar-refractivity contribution in [1.29, 1.82) is 0 Å². The molecule has 0 radical (unpaired) electrons. The molecular formula is C11H23FN2O3. The quantitative estimate of drug-likeness (QED) is 0.755. The van der Waals surface area contributed by atoms with Crippen LogP contribution in [0, 0.1) is 0 Å². The highest BCUT2D eigenvalue weighted by molar-refractivity contribution is 5.68. The highest BCUT2D eigenvalue weighted by Gasteiger charge is 2.23. The van der Waals surface area contributed by atoms with E-state index in [4.69, 9.17) is 10.5 Å². The van der Waals surface area contributed by atoms with E-state index in [1.54, 1.807) is 20.8 Å². The molecule has 0 aliphatic heterocycles. The van der Waals surface area contributed by atoms with Crippen LogP contribution in [0.4, 0.5) is 9.32 Å². The molecule has 102 valence electrons. The Morgan fingerprint density at radius 2 is 2.06 bits per heavy atom. The second-order valence-corrected chi connectivity index (χ2v) is 4.98. The molecule has 0 saturated heterocycles. The molecule has 0 heterocycles. The fourth-order valence-electron chi connectivity index (χ4n) is 1.35. The molecule has 6 heteroatoms. The lowest BCUT2D eigenvalue weighted by atomic mass is 10.1. The summed E-state index contributed by atoms with van der Waals surface area (Å²) in [5.74, 6) is 0. The van der Waals surface area contributed by atoms with E-state index < -0.39 is 17.7 Å². The minimum Gasteiger partial charge on any atom is -0.444 e. The van der Waals surface area contributed by atoms with Crippen molar-refractivity contribution in [2.75, 3.05) is 6.61 Å². The highest BCUT2D eigenvalue weighted by Crippen LogP contribution is 2.08. The van der Waals surface area contributed by atoms with Crippen molar-refractivity contribution in [3.8, 4) is 0 Å². The maximum absolute atomic E-state index is 11.7. The monoisotopic (exact) mass is 250 g/mol. The zero-order valence-electron chi connectivity index (χ0n) is 11.0. The third-order valence-corrected chi connectivity index (χ3v) is 2.07. The lowest BCUT2D eigenvalue weighted by Gasteiger charge is -2.26. The SMILES string of the molecule is CCCC(NC(=O)OC(C)(C)C)C(N)COF. The van der Waals surface area contributed by atoms with Gasteiger partial charge in [0.15, 0.2) is 0 Å². The van der Waals surface area contributed by atoms with Crippen LogP contribution in [0.1, 0.15) is 40.5 Å². The molecule has 3 N–H and O–H groups in total. The van der Waals surface area contributed by atoms with Gasteiger partial charge in [-0.05, 0) is 31.7 Å². The Balaban J connectivity index is 4.28. The molecule has 0 rings (SSSR count). The first-order valence-electron chi connectivity index (χ1n) is 5.78. The molecule has 0 aliphatic rings. The van der Waals surface area contributed by atoms with Gasteiger partial charge in [-0.25, -0.2) is 4.79 Å². The highest BCUT2D eigenvalue weighted by atomic mass is 19.3. The molecule has 2 atom stereocenters. The molecule has 0 aliphatic carbocycles. The summed E-state index contributed by atoms with van der Waals surface area (Å²) < 4.78 is 16.8. The Labute approximate surface area is 102 Å². The van der Waals surface area contributed by atoms with Gasteiger partial charge < -0.3 is 15.8 Å². The van der Waals surface area contributed by atoms with E-state index in [2.05, 4.69) is 10.3 Å². The number of nitrogens with one attached hydrogen (secondary N) is 1. The number of alkyl carbamates (subject to hydrolysis) is 1. The van der Waals surface area contributed by atoms with Gasteiger partial charge in [0.25, 0.3) is 0 Å². The zero-order valence-corrected chi connectivity index (χ0v) is 11.0. The molecule has 0 spiro atoms. The standard InChI is InChI=1S/C11H23FN2O3/c1-5-6-9(8(13)7-16-12)14-10(15)17-11(2,3)4/h8-9H,5-7,13H2,1-4H3,(H,14,15). The van der Waals surface area contributed by atoms with Crippen LogP contribution in [0.25, 0.3) is 0 Å². The first-order valence-corrected chi connectivity index (χ1v) is 5.78. The fraction of sp³-hybridized carbons (Fsp3) is 0.909. The minimum atomic E-state index is -0.590. The molecule has 0 saturated carbocycles. The van der Waals surface area contributed by atoms with Gasteiger partial charge in [0, 0.05) is 6.04 Å². The third-order valence-electron chi connectivity index (χ3n) is 2.07. The Kier molecular flexibility index (Phi) is 7.06. The van der Waals surface area contributed by atoms with E-state index in [1.165, 1.54) is 0 Å². The van der Waals surface area contributed by atoms with E-state index in [-0.39, 0.29) is 12.6 Å². The van der Waals surface area contributed by atoms with Gasteiger partial charge in [-0.15, -0.1) is 0 Å². The largest absolute Gasteiger partial charge is 0.444 e. The van der Waals surface area contributed by atoms with E-state index in [0.29, 0.717) is 6.42 Å². The summed E-state index contributed by atoms with van der Waals surface area (Å²) in [5.41, 5.74) is 5.12. The van der Waals surface area contributed by atoms with Crippen LogP contribution < -0.4 is 11.1 Å². The average Bonchev–Trinajstić information content (AvgIpc) is 2.14. The molecule has 0 aromatic carbocycles. The van der Waals surface area contributed by atoms with Crippen molar-refractivity contribution in [1.82, 2.24) is 5.32 Å². The molecule has 5 nitrogen and oxygen atoms in total. The number of halogens is 1. The van der Waals surface area contributed by atoms with Gasteiger partial charge in [0.1, 0.15) is 12.2 Å². The maximum Gasteiger partial charge on any atom is 0.407 e. The van der Waals surface area contributed by atoms with E-state index >= 15 is 0 Å². The smallest absolute Gasteiger partial charge is 0.407 e. The van der Waals surface area contributed by atoms with Crippen LogP contribution in [0.15, 0.2) is 0 Å². The Bertz CT molecular complexity index is 231. The summed E-state index contributed by atoms with van der Waals surface area (Å²) in [6.07, 6.45) is 0.912. The predicted molar refractivity (Wildman–Crippen MR) is 63.1 cm³/mol. The first kappa shape index (κ1) is 16.1. The van der Waals surface area contributed by atoms with Gasteiger partial charge in [-0.2, -0.15) is 4.94 Å². The van der Waals surface area contributed by atoms with Gasteiger partial charge >= 0.3 is 6.09 Å². The van der Waals surface area contributed by atoms with E-state index in [9.17, 15) is 9.32 Å². The number of carbonyl (C=O) groups is 1. The summed E-state index contributed by atoms with van der Waals surface area (Å²) in [4.78, 5) is 15.0. The van der Waals surface area contributed by atoms with Crippen molar-refractivity contribution in [3.05, 3.63) is 0 Å². The van der Waals surface area contributed by atoms with Gasteiger partial charge in [-0.1, -0.05) is 13.3 Å². The topological polar surface area (TPSA) is 73.6 Å². The molecule has 2 unspecified atom stereocenters. The maximum atomic E-state index is 11.7. The minimum absolute atomic E-state index is 0.250. The fourth-order valence-corrected chi connectivity index (χ4v) is 1.35. The summed E-state index contributed by atoms with van der Waals surface area (Å²) in [5, 5.41) is 2.63. The van der Waals surface area contributed by atoms with E-state index in [0.717, 1.165) is 6.42 Å². The normalized spacial score (nSPS) is 15.2. The van der Waals surface area contributed by atoms with Gasteiger partial charge in [-0.3, -0.25) is 0 Å². The number of ether oxygens (including phenoxy) is 1. The van der Waals surface area contributed by atoms with Crippen molar-refractivity contribution < 1.29 is 19.0 Å². The van der Waals surface area contributed by atoms with Crippen molar-refractivity contribution in [2.24, 2.45) is 5.73 Å². The second-order valence-electron chi connectivity index (χ2n) is 4.98. The lowest BCUT2D eigenvalue weighted by molar-refractivity contribution is -0.138. The first-order chi connectivity index (χ1) is 7.80.